The van der Waals surface area contributed by atoms with Crippen LogP contribution in [-0.4, -0.2) is 26.8 Å². The van der Waals surface area contributed by atoms with Gasteiger partial charge in [-0.15, -0.1) is 0 Å². The van der Waals surface area contributed by atoms with Gasteiger partial charge in [-0.3, -0.25) is 9.48 Å². The van der Waals surface area contributed by atoms with Crippen LogP contribution in [0.25, 0.3) is 0 Å². The third kappa shape index (κ3) is 4.26. The summed E-state index contributed by atoms with van der Waals surface area (Å²) in [5, 5.41) is 3.82. The standard InChI is InChI=1S/C9H11F3N2OS/c1-2-8(15)7-5-13-14(6-7)3-4-16-9(10,11)12/h5-6H,2-4H2,1H3. The first-order valence-electron chi connectivity index (χ1n) is 4.68. The maximum atomic E-state index is 11.8. The van der Waals surface area contributed by atoms with Crippen LogP contribution in [0.4, 0.5) is 13.2 Å². The number of rotatable bonds is 5. The number of nitrogens with zero attached hydrogens (tertiary/aromatic N) is 2. The number of ketones is 1. The van der Waals surface area contributed by atoms with E-state index in [2.05, 4.69) is 5.10 Å². The van der Waals surface area contributed by atoms with Gasteiger partial charge in [-0.25, -0.2) is 0 Å². The highest BCUT2D eigenvalue weighted by atomic mass is 32.2. The molecule has 3 nitrogen and oxygen atoms in total. The Kier molecular flexibility index (Phi) is 4.40. The lowest BCUT2D eigenvalue weighted by Crippen LogP contribution is -2.07. The predicted octanol–water partition coefficient (Wildman–Crippen LogP) is 2.73. The SMILES string of the molecule is CCC(=O)c1cnn(CCSC(F)(F)F)c1. The summed E-state index contributed by atoms with van der Waals surface area (Å²) in [6.07, 6.45) is 3.22. The molecular formula is C9H11F3N2OS. The molecule has 16 heavy (non-hydrogen) atoms. The molecule has 0 bridgehead atoms. The molecule has 0 saturated carbocycles. The number of aryl methyl sites for hydroxylation is 1. The summed E-state index contributed by atoms with van der Waals surface area (Å²) in [5.41, 5.74) is -3.77. The van der Waals surface area contributed by atoms with E-state index in [0.29, 0.717) is 12.0 Å². The zero-order chi connectivity index (χ0) is 12.2. The molecule has 0 aromatic carbocycles. The molecule has 0 aliphatic rings. The normalized spacial score (nSPS) is 11.8. The summed E-state index contributed by atoms with van der Waals surface area (Å²) in [4.78, 5) is 11.2. The van der Waals surface area contributed by atoms with Crippen LogP contribution in [0.5, 0.6) is 0 Å². The quantitative estimate of drug-likeness (QED) is 0.756. The van der Waals surface area contributed by atoms with Gasteiger partial charge in [0.05, 0.1) is 18.3 Å². The zero-order valence-corrected chi connectivity index (χ0v) is 9.44. The Bertz CT molecular complexity index is 362. The molecule has 1 rings (SSSR count). The summed E-state index contributed by atoms with van der Waals surface area (Å²) in [6.45, 7) is 1.86. The van der Waals surface area contributed by atoms with Crippen molar-refractivity contribution in [1.29, 1.82) is 0 Å². The van der Waals surface area contributed by atoms with E-state index in [1.54, 1.807) is 6.92 Å². The van der Waals surface area contributed by atoms with E-state index in [0.717, 1.165) is 0 Å². The van der Waals surface area contributed by atoms with Crippen LogP contribution in [0, 0.1) is 0 Å². The molecule has 0 radical (unpaired) electrons. The average Bonchev–Trinajstić information content (AvgIpc) is 2.63. The maximum Gasteiger partial charge on any atom is 0.441 e. The van der Waals surface area contributed by atoms with Gasteiger partial charge in [0.15, 0.2) is 5.78 Å². The molecule has 7 heteroatoms. The van der Waals surface area contributed by atoms with E-state index in [-0.39, 0.29) is 29.8 Å². The van der Waals surface area contributed by atoms with Crippen LogP contribution in [0.15, 0.2) is 12.4 Å². The number of hydrogen-bond acceptors (Lipinski definition) is 3. The Morgan fingerprint density at radius 3 is 2.81 bits per heavy atom. The lowest BCUT2D eigenvalue weighted by Gasteiger charge is -2.04. The minimum atomic E-state index is -4.21. The van der Waals surface area contributed by atoms with Crippen molar-refractivity contribution in [3.63, 3.8) is 0 Å². The first kappa shape index (κ1) is 13.1. The van der Waals surface area contributed by atoms with Crippen molar-refractivity contribution in [1.82, 2.24) is 9.78 Å². The summed E-state index contributed by atoms with van der Waals surface area (Å²) in [5.74, 6) is -0.167. The number of carbonyl (C=O) groups is 1. The number of hydrogen-bond donors (Lipinski definition) is 0. The molecule has 0 saturated heterocycles. The highest BCUT2D eigenvalue weighted by molar-refractivity contribution is 8.00. The third-order valence-electron chi connectivity index (χ3n) is 1.86. The van der Waals surface area contributed by atoms with Crippen LogP contribution in [0.3, 0.4) is 0 Å². The van der Waals surface area contributed by atoms with Crippen molar-refractivity contribution >= 4 is 17.5 Å². The van der Waals surface area contributed by atoms with Gasteiger partial charge in [0.1, 0.15) is 0 Å². The lowest BCUT2D eigenvalue weighted by molar-refractivity contribution is -0.0328. The fraction of sp³-hybridized carbons (Fsp3) is 0.556. The van der Waals surface area contributed by atoms with Crippen LogP contribution in [0.2, 0.25) is 0 Å². The van der Waals surface area contributed by atoms with E-state index < -0.39 is 5.51 Å². The van der Waals surface area contributed by atoms with Gasteiger partial charge in [0.2, 0.25) is 0 Å². The van der Waals surface area contributed by atoms with Crippen LogP contribution in [0.1, 0.15) is 23.7 Å². The van der Waals surface area contributed by atoms with Gasteiger partial charge in [-0.05, 0) is 11.8 Å². The number of alkyl halides is 3. The van der Waals surface area contributed by atoms with Gasteiger partial charge < -0.3 is 0 Å². The number of carbonyl (C=O) groups excluding carboxylic acids is 1. The monoisotopic (exact) mass is 252 g/mol. The first-order valence-corrected chi connectivity index (χ1v) is 5.67. The van der Waals surface area contributed by atoms with Gasteiger partial charge in [0.25, 0.3) is 0 Å². The van der Waals surface area contributed by atoms with Crippen molar-refractivity contribution in [3.8, 4) is 0 Å². The summed E-state index contributed by atoms with van der Waals surface area (Å²) in [6, 6.07) is 0. The van der Waals surface area contributed by atoms with Gasteiger partial charge in [-0.1, -0.05) is 6.92 Å². The summed E-state index contributed by atoms with van der Waals surface area (Å²) >= 11 is -0.0939. The Balaban J connectivity index is 2.44. The molecule has 90 valence electrons. The fourth-order valence-corrected chi connectivity index (χ4v) is 1.60. The topological polar surface area (TPSA) is 34.9 Å². The van der Waals surface area contributed by atoms with E-state index >= 15 is 0 Å². The summed E-state index contributed by atoms with van der Waals surface area (Å²) in [7, 11) is 0. The molecule has 0 aliphatic heterocycles. The third-order valence-corrected chi connectivity index (χ3v) is 2.58. The second-order valence-corrected chi connectivity index (χ2v) is 4.22. The minimum Gasteiger partial charge on any atom is -0.294 e. The first-order chi connectivity index (χ1) is 7.42. The Hall–Kier alpha value is -0.980. The largest absolute Gasteiger partial charge is 0.441 e. The molecule has 0 atom stereocenters. The molecule has 0 amide bonds. The highest BCUT2D eigenvalue weighted by Gasteiger charge is 2.27. The van der Waals surface area contributed by atoms with Crippen molar-refractivity contribution < 1.29 is 18.0 Å². The number of thioether (sulfide) groups is 1. The van der Waals surface area contributed by atoms with E-state index in [9.17, 15) is 18.0 Å². The number of halogens is 3. The minimum absolute atomic E-state index is 0.0604. The Morgan fingerprint density at radius 2 is 2.25 bits per heavy atom. The van der Waals surface area contributed by atoms with Crippen molar-refractivity contribution in [2.45, 2.75) is 25.4 Å². The average molecular weight is 252 g/mol. The van der Waals surface area contributed by atoms with Gasteiger partial charge in [-0.2, -0.15) is 18.3 Å². The molecule has 0 N–H and O–H groups in total. The molecule has 0 spiro atoms. The fourth-order valence-electron chi connectivity index (χ4n) is 1.09. The Labute approximate surface area is 95.0 Å². The molecule has 1 aromatic heterocycles. The van der Waals surface area contributed by atoms with Crippen molar-refractivity contribution in [3.05, 3.63) is 18.0 Å². The van der Waals surface area contributed by atoms with Crippen LogP contribution < -0.4 is 0 Å². The van der Waals surface area contributed by atoms with Crippen molar-refractivity contribution in [2.75, 3.05) is 5.75 Å². The molecule has 1 heterocycles. The maximum absolute atomic E-state index is 11.8. The Morgan fingerprint density at radius 1 is 1.56 bits per heavy atom. The molecule has 1 aromatic rings. The molecule has 0 fully saturated rings. The molecule has 0 unspecified atom stereocenters. The van der Waals surface area contributed by atoms with E-state index in [1.165, 1.54) is 17.1 Å². The predicted molar refractivity (Wildman–Crippen MR) is 55.4 cm³/mol. The van der Waals surface area contributed by atoms with Crippen LogP contribution in [-0.2, 0) is 6.54 Å². The second-order valence-electron chi connectivity index (χ2n) is 3.06. The zero-order valence-electron chi connectivity index (χ0n) is 8.62. The lowest BCUT2D eigenvalue weighted by atomic mass is 10.2. The highest BCUT2D eigenvalue weighted by Crippen LogP contribution is 2.29. The summed E-state index contributed by atoms with van der Waals surface area (Å²) < 4.78 is 36.8. The van der Waals surface area contributed by atoms with E-state index in [4.69, 9.17) is 0 Å². The second kappa shape index (κ2) is 5.38. The van der Waals surface area contributed by atoms with E-state index in [1.807, 2.05) is 0 Å². The number of aromatic nitrogens is 2. The van der Waals surface area contributed by atoms with Crippen LogP contribution >= 0.6 is 11.8 Å². The number of Topliss-reactive ketones (excluding diaryl/α,β-unsaturated/α-hetero) is 1. The van der Waals surface area contributed by atoms with Crippen molar-refractivity contribution in [2.24, 2.45) is 0 Å². The van der Waals surface area contributed by atoms with Gasteiger partial charge >= 0.3 is 5.51 Å². The molecular weight excluding hydrogens is 241 g/mol. The smallest absolute Gasteiger partial charge is 0.294 e. The van der Waals surface area contributed by atoms with Gasteiger partial charge in [0, 0.05) is 18.4 Å². The molecule has 0 aliphatic carbocycles.